The van der Waals surface area contributed by atoms with E-state index in [-0.39, 0.29) is 36.8 Å². The number of nitrogens with one attached hydrogen (secondary N) is 2. The molecule has 2 unspecified atom stereocenters. The normalized spacial score (nSPS) is 21.9. The minimum Gasteiger partial charge on any atom is -0.352 e. The van der Waals surface area contributed by atoms with Gasteiger partial charge in [-0.2, -0.15) is 0 Å². The summed E-state index contributed by atoms with van der Waals surface area (Å²) in [5.74, 6) is 2.10. The van der Waals surface area contributed by atoms with Gasteiger partial charge in [0.2, 0.25) is 11.9 Å². The number of halogens is 2. The number of amides is 1. The molecule has 148 valence electrons. The zero-order chi connectivity index (χ0) is 16.8. The number of carbonyl (C=O) groups excluding carboxylic acids is 1. The van der Waals surface area contributed by atoms with Gasteiger partial charge in [-0.1, -0.05) is 6.92 Å². The predicted octanol–water partition coefficient (Wildman–Crippen LogP) is 2.43. The zero-order valence-corrected chi connectivity index (χ0v) is 17.0. The molecule has 3 heterocycles. The van der Waals surface area contributed by atoms with E-state index < -0.39 is 0 Å². The van der Waals surface area contributed by atoms with Crippen molar-refractivity contribution in [1.82, 2.24) is 20.6 Å². The monoisotopic (exact) mass is 403 g/mol. The second-order valence-corrected chi connectivity index (χ2v) is 7.17. The van der Waals surface area contributed by atoms with Crippen molar-refractivity contribution in [3.8, 4) is 0 Å². The third-order valence-electron chi connectivity index (χ3n) is 5.32. The Balaban J connectivity index is 0.00000169. The van der Waals surface area contributed by atoms with Crippen molar-refractivity contribution in [2.24, 2.45) is 11.8 Å². The maximum Gasteiger partial charge on any atom is 0.225 e. The summed E-state index contributed by atoms with van der Waals surface area (Å²) in [7, 11) is 0. The van der Waals surface area contributed by atoms with Gasteiger partial charge >= 0.3 is 0 Å². The summed E-state index contributed by atoms with van der Waals surface area (Å²) in [4.78, 5) is 23.2. The smallest absolute Gasteiger partial charge is 0.225 e. The van der Waals surface area contributed by atoms with E-state index in [1.807, 2.05) is 6.07 Å². The second kappa shape index (κ2) is 11.6. The summed E-state index contributed by atoms with van der Waals surface area (Å²) in [5.41, 5.74) is 0. The summed E-state index contributed by atoms with van der Waals surface area (Å²) >= 11 is 0. The van der Waals surface area contributed by atoms with Crippen molar-refractivity contribution < 1.29 is 4.79 Å². The molecule has 0 bridgehead atoms. The average molecular weight is 404 g/mol. The molecule has 6 nitrogen and oxygen atoms in total. The average Bonchev–Trinajstić information content (AvgIpc) is 2.63. The second-order valence-electron chi connectivity index (χ2n) is 7.17. The maximum absolute atomic E-state index is 12.4. The first-order valence-corrected chi connectivity index (χ1v) is 9.24. The van der Waals surface area contributed by atoms with E-state index in [4.69, 9.17) is 0 Å². The first kappa shape index (κ1) is 22.9. The van der Waals surface area contributed by atoms with Gasteiger partial charge in [-0.25, -0.2) is 9.97 Å². The van der Waals surface area contributed by atoms with E-state index in [1.165, 1.54) is 12.8 Å². The highest BCUT2D eigenvalue weighted by atomic mass is 35.5. The van der Waals surface area contributed by atoms with Crippen molar-refractivity contribution >= 4 is 36.7 Å². The van der Waals surface area contributed by atoms with Crippen LogP contribution in [-0.4, -0.2) is 48.1 Å². The highest BCUT2D eigenvalue weighted by Gasteiger charge is 2.25. The lowest BCUT2D eigenvalue weighted by molar-refractivity contribution is -0.123. The maximum atomic E-state index is 12.4. The van der Waals surface area contributed by atoms with E-state index in [0.29, 0.717) is 18.3 Å². The van der Waals surface area contributed by atoms with Crippen LogP contribution in [0.1, 0.15) is 39.0 Å². The SMILES string of the molecule is CC(CC(=O)NC1CCCN(c2ncccn2)C1)C1CCNCC1.Cl.Cl. The molecule has 1 amide bonds. The first-order valence-electron chi connectivity index (χ1n) is 9.24. The van der Waals surface area contributed by atoms with Crippen LogP contribution >= 0.6 is 24.8 Å². The molecule has 0 radical (unpaired) electrons. The topological polar surface area (TPSA) is 70.2 Å². The highest BCUT2D eigenvalue weighted by molar-refractivity contribution is 5.85. The number of rotatable bonds is 5. The molecule has 2 aliphatic rings. The Hall–Kier alpha value is -1.11. The molecule has 0 saturated carbocycles. The zero-order valence-electron chi connectivity index (χ0n) is 15.4. The van der Waals surface area contributed by atoms with Gasteiger partial charge in [-0.3, -0.25) is 4.79 Å². The third-order valence-corrected chi connectivity index (χ3v) is 5.32. The van der Waals surface area contributed by atoms with Crippen LogP contribution in [0.4, 0.5) is 5.95 Å². The van der Waals surface area contributed by atoms with Crippen LogP contribution < -0.4 is 15.5 Å². The summed E-state index contributed by atoms with van der Waals surface area (Å²) in [6, 6.07) is 2.03. The standard InChI is InChI=1S/C18H29N5O.2ClH/c1-14(15-5-9-19-10-6-15)12-17(24)22-16-4-2-11-23(13-16)18-20-7-3-8-21-18;;/h3,7-8,14-16,19H,2,4-6,9-13H2,1H3,(H,22,24);2*1H. The van der Waals surface area contributed by atoms with Crippen LogP contribution in [0, 0.1) is 11.8 Å². The molecule has 2 N–H and O–H groups in total. The molecule has 2 fully saturated rings. The van der Waals surface area contributed by atoms with Crippen LogP contribution in [-0.2, 0) is 4.79 Å². The van der Waals surface area contributed by atoms with Gasteiger partial charge in [-0.05, 0) is 56.7 Å². The molecule has 0 aliphatic carbocycles. The fraction of sp³-hybridized carbons (Fsp3) is 0.722. The van der Waals surface area contributed by atoms with Crippen molar-refractivity contribution in [2.75, 3.05) is 31.1 Å². The van der Waals surface area contributed by atoms with Gasteiger partial charge in [0.15, 0.2) is 0 Å². The van der Waals surface area contributed by atoms with Crippen LogP contribution in [0.5, 0.6) is 0 Å². The summed E-state index contributed by atoms with van der Waals surface area (Å²) in [5, 5.41) is 6.63. The minimum absolute atomic E-state index is 0. The fourth-order valence-electron chi connectivity index (χ4n) is 3.89. The molecule has 2 saturated heterocycles. The molecule has 1 aromatic heterocycles. The van der Waals surface area contributed by atoms with Crippen LogP contribution in [0.2, 0.25) is 0 Å². The van der Waals surface area contributed by atoms with Crippen LogP contribution in [0.25, 0.3) is 0 Å². The molecule has 2 atom stereocenters. The largest absolute Gasteiger partial charge is 0.352 e. The van der Waals surface area contributed by atoms with Crippen LogP contribution in [0.15, 0.2) is 18.5 Å². The fourth-order valence-corrected chi connectivity index (χ4v) is 3.89. The molecule has 0 spiro atoms. The van der Waals surface area contributed by atoms with E-state index >= 15 is 0 Å². The quantitative estimate of drug-likeness (QED) is 0.789. The third kappa shape index (κ3) is 6.56. The van der Waals surface area contributed by atoms with E-state index in [9.17, 15) is 4.79 Å². The first-order chi connectivity index (χ1) is 11.7. The molecular formula is C18H31Cl2N5O. The van der Waals surface area contributed by atoms with Gasteiger partial charge in [-0.15, -0.1) is 24.8 Å². The Kier molecular flexibility index (Phi) is 10.2. The predicted molar refractivity (Wildman–Crippen MR) is 109 cm³/mol. The highest BCUT2D eigenvalue weighted by Crippen LogP contribution is 2.24. The van der Waals surface area contributed by atoms with Gasteiger partial charge in [0.05, 0.1) is 0 Å². The summed E-state index contributed by atoms with van der Waals surface area (Å²) in [6.07, 6.45) is 8.66. The minimum atomic E-state index is 0. The molecule has 8 heteroatoms. The number of aromatic nitrogens is 2. The Morgan fingerprint density at radius 3 is 2.65 bits per heavy atom. The number of nitrogens with zero attached hydrogens (tertiary/aromatic N) is 3. The Morgan fingerprint density at radius 1 is 1.27 bits per heavy atom. The van der Waals surface area contributed by atoms with E-state index in [2.05, 4.69) is 32.4 Å². The van der Waals surface area contributed by atoms with Gasteiger partial charge in [0.25, 0.3) is 0 Å². The Morgan fingerprint density at radius 2 is 1.96 bits per heavy atom. The van der Waals surface area contributed by atoms with Crippen molar-refractivity contribution in [3.05, 3.63) is 18.5 Å². The lowest BCUT2D eigenvalue weighted by Crippen LogP contribution is -2.48. The van der Waals surface area contributed by atoms with Gasteiger partial charge in [0.1, 0.15) is 0 Å². The summed E-state index contributed by atoms with van der Waals surface area (Å²) < 4.78 is 0. The lowest BCUT2D eigenvalue weighted by Gasteiger charge is -2.33. The molecule has 26 heavy (non-hydrogen) atoms. The molecule has 2 aliphatic heterocycles. The summed E-state index contributed by atoms with van der Waals surface area (Å²) in [6.45, 7) is 6.16. The molecular weight excluding hydrogens is 373 g/mol. The molecule has 0 aromatic carbocycles. The van der Waals surface area contributed by atoms with Crippen molar-refractivity contribution in [1.29, 1.82) is 0 Å². The van der Waals surface area contributed by atoms with Gasteiger partial charge in [0, 0.05) is 37.9 Å². The Labute approximate surface area is 168 Å². The number of piperidine rings is 2. The van der Waals surface area contributed by atoms with E-state index in [0.717, 1.165) is 45.0 Å². The molecule has 1 aromatic rings. The van der Waals surface area contributed by atoms with E-state index in [1.54, 1.807) is 12.4 Å². The number of carbonyl (C=O) groups is 1. The Bertz CT molecular complexity index is 528. The van der Waals surface area contributed by atoms with Crippen LogP contribution in [0.3, 0.4) is 0 Å². The number of anilines is 1. The number of hydrogen-bond donors (Lipinski definition) is 2. The van der Waals surface area contributed by atoms with Gasteiger partial charge < -0.3 is 15.5 Å². The van der Waals surface area contributed by atoms with Crippen molar-refractivity contribution in [2.45, 2.75) is 45.1 Å². The lowest BCUT2D eigenvalue weighted by atomic mass is 9.84. The van der Waals surface area contributed by atoms with Crippen molar-refractivity contribution in [3.63, 3.8) is 0 Å². The molecule has 3 rings (SSSR count). The number of hydrogen-bond acceptors (Lipinski definition) is 5.